The number of rotatable bonds is 2. The highest BCUT2D eigenvalue weighted by Crippen LogP contribution is 2.41. The number of hydrogen-bond donors (Lipinski definition) is 0. The number of carbonyl (C=O) groups excluding carboxylic acids is 2. The molecule has 3 aliphatic heterocycles. The summed E-state index contributed by atoms with van der Waals surface area (Å²) in [6.07, 6.45) is 0.817. The van der Waals surface area contributed by atoms with Crippen LogP contribution in [0.2, 0.25) is 0 Å². The van der Waals surface area contributed by atoms with Crippen molar-refractivity contribution in [2.45, 2.75) is 18.6 Å². The Labute approximate surface area is 160 Å². The second-order valence-electron chi connectivity index (χ2n) is 7.49. The van der Waals surface area contributed by atoms with E-state index in [0.717, 1.165) is 0 Å². The minimum atomic E-state index is -0.689. The van der Waals surface area contributed by atoms with Gasteiger partial charge in [0.15, 0.2) is 11.4 Å². The van der Waals surface area contributed by atoms with Gasteiger partial charge in [0.05, 0.1) is 25.3 Å². The van der Waals surface area contributed by atoms with Crippen LogP contribution in [-0.2, 0) is 4.74 Å². The molecule has 28 heavy (non-hydrogen) atoms. The number of anilines is 1. The SMILES string of the molecule is Cc1ccc(C(=O)N2CCN3C(=O)OC4(CN(c5ccc(F)cn5)C4)C3C2)o1. The average molecular weight is 386 g/mol. The van der Waals surface area contributed by atoms with Crippen molar-refractivity contribution < 1.29 is 23.1 Å². The molecule has 1 atom stereocenters. The van der Waals surface area contributed by atoms with Crippen LogP contribution in [0.15, 0.2) is 34.9 Å². The molecule has 3 aliphatic rings. The van der Waals surface area contributed by atoms with E-state index < -0.39 is 11.4 Å². The van der Waals surface area contributed by atoms with Crippen LogP contribution in [0.4, 0.5) is 15.0 Å². The fourth-order valence-corrected chi connectivity index (χ4v) is 4.23. The van der Waals surface area contributed by atoms with Gasteiger partial charge in [-0.3, -0.25) is 9.69 Å². The number of ether oxygens (including phenoxy) is 1. The quantitative estimate of drug-likeness (QED) is 0.781. The number of nitrogens with zero attached hydrogens (tertiary/aromatic N) is 4. The molecule has 0 aromatic carbocycles. The summed E-state index contributed by atoms with van der Waals surface area (Å²) < 4.78 is 24.3. The normalized spacial score (nSPS) is 22.9. The molecule has 2 amide bonds. The fourth-order valence-electron chi connectivity index (χ4n) is 4.23. The molecule has 5 heterocycles. The van der Waals surface area contributed by atoms with Crippen molar-refractivity contribution in [3.63, 3.8) is 0 Å². The van der Waals surface area contributed by atoms with Gasteiger partial charge in [-0.25, -0.2) is 14.2 Å². The maximum Gasteiger partial charge on any atom is 0.411 e. The number of pyridine rings is 1. The maximum atomic E-state index is 13.1. The van der Waals surface area contributed by atoms with Crippen LogP contribution in [0.25, 0.3) is 0 Å². The third-order valence-corrected chi connectivity index (χ3v) is 5.70. The van der Waals surface area contributed by atoms with Gasteiger partial charge in [-0.05, 0) is 31.2 Å². The van der Waals surface area contributed by atoms with Crippen LogP contribution in [0, 0.1) is 12.7 Å². The van der Waals surface area contributed by atoms with Crippen molar-refractivity contribution in [2.24, 2.45) is 0 Å². The van der Waals surface area contributed by atoms with Crippen LogP contribution in [0.3, 0.4) is 0 Å². The molecule has 5 rings (SSSR count). The number of halogens is 1. The zero-order valence-corrected chi connectivity index (χ0v) is 15.3. The molecule has 146 valence electrons. The Balaban J connectivity index is 1.33. The standard InChI is InChI=1S/C19H19FN4O4/c1-12-2-4-14(27-12)17(25)22-6-7-24-15(9-22)19(28-18(24)26)10-23(11-19)16-5-3-13(20)8-21-16/h2-5,8,15H,6-7,9-11H2,1H3. The first-order valence-corrected chi connectivity index (χ1v) is 9.17. The van der Waals surface area contributed by atoms with E-state index in [-0.39, 0.29) is 18.0 Å². The lowest BCUT2D eigenvalue weighted by molar-refractivity contribution is -0.00716. The van der Waals surface area contributed by atoms with E-state index in [4.69, 9.17) is 9.15 Å². The number of aromatic nitrogens is 1. The topological polar surface area (TPSA) is 79.1 Å². The Morgan fingerprint density at radius 1 is 1.25 bits per heavy atom. The van der Waals surface area contributed by atoms with Crippen molar-refractivity contribution in [3.05, 3.63) is 47.8 Å². The molecule has 0 radical (unpaired) electrons. The molecule has 9 heteroatoms. The zero-order chi connectivity index (χ0) is 19.5. The molecule has 0 aliphatic carbocycles. The summed E-state index contributed by atoms with van der Waals surface area (Å²) >= 11 is 0. The smallest absolute Gasteiger partial charge is 0.411 e. The highest BCUT2D eigenvalue weighted by Gasteiger charge is 2.62. The van der Waals surface area contributed by atoms with Crippen molar-refractivity contribution in [3.8, 4) is 0 Å². The Morgan fingerprint density at radius 2 is 2.07 bits per heavy atom. The molecule has 3 saturated heterocycles. The number of hydrogen-bond acceptors (Lipinski definition) is 6. The largest absolute Gasteiger partial charge is 0.456 e. The number of aryl methyl sites for hydroxylation is 1. The molecule has 2 aromatic rings. The van der Waals surface area contributed by atoms with E-state index >= 15 is 0 Å². The molecule has 3 fully saturated rings. The van der Waals surface area contributed by atoms with E-state index in [1.807, 2.05) is 4.90 Å². The first-order valence-electron chi connectivity index (χ1n) is 9.17. The van der Waals surface area contributed by atoms with Crippen LogP contribution >= 0.6 is 0 Å². The number of fused-ring (bicyclic) bond motifs is 2. The Bertz CT molecular complexity index is 938. The summed E-state index contributed by atoms with van der Waals surface area (Å²) in [7, 11) is 0. The second kappa shape index (κ2) is 5.95. The Hall–Kier alpha value is -3.10. The summed E-state index contributed by atoms with van der Waals surface area (Å²) in [5, 5.41) is 0. The zero-order valence-electron chi connectivity index (χ0n) is 15.3. The molecule has 0 bridgehead atoms. The van der Waals surface area contributed by atoms with Crippen molar-refractivity contribution in [2.75, 3.05) is 37.6 Å². The van der Waals surface area contributed by atoms with Crippen LogP contribution in [0.1, 0.15) is 16.3 Å². The first kappa shape index (κ1) is 17.0. The van der Waals surface area contributed by atoms with Crippen LogP contribution < -0.4 is 4.90 Å². The summed E-state index contributed by atoms with van der Waals surface area (Å²) in [6.45, 7) is 3.95. The Morgan fingerprint density at radius 3 is 2.75 bits per heavy atom. The number of carbonyl (C=O) groups is 2. The summed E-state index contributed by atoms with van der Waals surface area (Å²) in [6, 6.07) is 6.15. The lowest BCUT2D eigenvalue weighted by atomic mass is 9.84. The van der Waals surface area contributed by atoms with Crippen molar-refractivity contribution in [1.29, 1.82) is 0 Å². The number of piperazine rings is 1. The lowest BCUT2D eigenvalue weighted by Gasteiger charge is -2.51. The van der Waals surface area contributed by atoms with E-state index in [9.17, 15) is 14.0 Å². The van der Waals surface area contributed by atoms with Crippen LogP contribution in [-0.4, -0.2) is 71.2 Å². The van der Waals surface area contributed by atoms with E-state index in [1.165, 1.54) is 12.3 Å². The minimum Gasteiger partial charge on any atom is -0.456 e. The minimum absolute atomic E-state index is 0.182. The molecule has 0 N–H and O–H groups in total. The summed E-state index contributed by atoms with van der Waals surface area (Å²) in [4.78, 5) is 34.5. The van der Waals surface area contributed by atoms with Gasteiger partial charge in [0.25, 0.3) is 5.91 Å². The van der Waals surface area contributed by atoms with Gasteiger partial charge in [-0.1, -0.05) is 0 Å². The van der Waals surface area contributed by atoms with E-state index in [0.29, 0.717) is 50.1 Å². The van der Waals surface area contributed by atoms with E-state index in [1.54, 1.807) is 34.9 Å². The van der Waals surface area contributed by atoms with Crippen LogP contribution in [0.5, 0.6) is 0 Å². The van der Waals surface area contributed by atoms with Gasteiger partial charge in [0, 0.05) is 19.6 Å². The van der Waals surface area contributed by atoms with Gasteiger partial charge in [-0.15, -0.1) is 0 Å². The highest BCUT2D eigenvalue weighted by atomic mass is 19.1. The summed E-state index contributed by atoms with van der Waals surface area (Å²) in [5.74, 6) is 1.04. The highest BCUT2D eigenvalue weighted by molar-refractivity contribution is 5.92. The second-order valence-corrected chi connectivity index (χ2v) is 7.49. The van der Waals surface area contributed by atoms with Gasteiger partial charge < -0.3 is 19.0 Å². The summed E-state index contributed by atoms with van der Waals surface area (Å²) in [5.41, 5.74) is -0.689. The maximum absolute atomic E-state index is 13.1. The lowest BCUT2D eigenvalue weighted by Crippen LogP contribution is -2.71. The average Bonchev–Trinajstić information content (AvgIpc) is 3.22. The first-order chi connectivity index (χ1) is 13.4. The Kier molecular flexibility index (Phi) is 3.62. The predicted molar refractivity (Wildman–Crippen MR) is 95.5 cm³/mol. The fraction of sp³-hybridized carbons (Fsp3) is 0.421. The van der Waals surface area contributed by atoms with E-state index in [2.05, 4.69) is 4.98 Å². The monoisotopic (exact) mass is 386 g/mol. The molecule has 1 spiro atoms. The number of furan rings is 1. The molecular formula is C19H19FN4O4. The number of amides is 2. The third kappa shape index (κ3) is 2.53. The van der Waals surface area contributed by atoms with Gasteiger partial charge >= 0.3 is 6.09 Å². The van der Waals surface area contributed by atoms with Gasteiger partial charge in [0.2, 0.25) is 0 Å². The van der Waals surface area contributed by atoms with Crippen molar-refractivity contribution in [1.82, 2.24) is 14.8 Å². The van der Waals surface area contributed by atoms with Crippen molar-refractivity contribution >= 4 is 17.8 Å². The predicted octanol–water partition coefficient (Wildman–Crippen LogP) is 1.66. The molecule has 0 saturated carbocycles. The molecule has 1 unspecified atom stereocenters. The molecule has 8 nitrogen and oxygen atoms in total. The third-order valence-electron chi connectivity index (χ3n) is 5.70. The van der Waals surface area contributed by atoms with Gasteiger partial charge in [-0.2, -0.15) is 0 Å². The molecule has 2 aromatic heterocycles. The molecular weight excluding hydrogens is 367 g/mol. The van der Waals surface area contributed by atoms with Gasteiger partial charge in [0.1, 0.15) is 17.4 Å².